The van der Waals surface area contributed by atoms with Crippen molar-refractivity contribution < 1.29 is 4.79 Å². The molecule has 0 aromatic carbocycles. The number of carbonyl (C=O) groups is 1. The number of hydrogen-bond acceptors (Lipinski definition) is 3. The van der Waals surface area contributed by atoms with Crippen molar-refractivity contribution in [3.63, 3.8) is 0 Å². The summed E-state index contributed by atoms with van der Waals surface area (Å²) in [4.78, 5) is 13.6. The molecular formula is C10H21N3O. The predicted octanol–water partition coefficient (Wildman–Crippen LogP) is -0.0659. The number of likely N-dealkylation sites (tertiary alicyclic amines) is 1. The Balaban J connectivity index is 2.20. The molecule has 1 aliphatic heterocycles. The van der Waals surface area contributed by atoms with E-state index < -0.39 is 0 Å². The molecule has 82 valence electrons. The molecule has 1 amide bonds. The quantitative estimate of drug-likeness (QED) is 0.666. The zero-order valence-corrected chi connectivity index (χ0v) is 9.12. The zero-order chi connectivity index (χ0) is 10.6. The van der Waals surface area contributed by atoms with Crippen molar-refractivity contribution in [2.75, 3.05) is 19.6 Å². The Morgan fingerprint density at radius 3 is 2.93 bits per heavy atom. The summed E-state index contributed by atoms with van der Waals surface area (Å²) in [6, 6.07) is 0.533. The van der Waals surface area contributed by atoms with E-state index in [0.29, 0.717) is 6.54 Å². The molecule has 0 aliphatic carbocycles. The van der Waals surface area contributed by atoms with Crippen molar-refractivity contribution >= 4 is 5.91 Å². The number of nitrogens with zero attached hydrogens (tertiary/aromatic N) is 1. The summed E-state index contributed by atoms with van der Waals surface area (Å²) in [5.41, 5.74) is 5.75. The summed E-state index contributed by atoms with van der Waals surface area (Å²) in [5.74, 6) is 0.119. The molecule has 0 saturated carbocycles. The first-order valence-corrected chi connectivity index (χ1v) is 5.39. The van der Waals surface area contributed by atoms with E-state index in [1.807, 2.05) is 6.92 Å². The molecule has 1 saturated heterocycles. The molecule has 1 rings (SSSR count). The van der Waals surface area contributed by atoms with E-state index >= 15 is 0 Å². The second-order valence-electron chi connectivity index (χ2n) is 4.16. The first-order chi connectivity index (χ1) is 6.61. The lowest BCUT2D eigenvalue weighted by Gasteiger charge is -2.17. The monoisotopic (exact) mass is 199 g/mol. The van der Waals surface area contributed by atoms with Gasteiger partial charge in [0.15, 0.2) is 0 Å². The molecule has 0 spiro atoms. The summed E-state index contributed by atoms with van der Waals surface area (Å²) in [5, 5.41) is 2.95. The van der Waals surface area contributed by atoms with E-state index in [1.165, 1.54) is 0 Å². The molecule has 0 bridgehead atoms. The van der Waals surface area contributed by atoms with Gasteiger partial charge in [-0.05, 0) is 19.8 Å². The molecule has 0 radical (unpaired) electrons. The minimum Gasteiger partial charge on any atom is -0.353 e. The third-order valence-corrected chi connectivity index (χ3v) is 2.70. The molecule has 14 heavy (non-hydrogen) atoms. The molecule has 1 heterocycles. The van der Waals surface area contributed by atoms with Gasteiger partial charge in [-0.2, -0.15) is 0 Å². The van der Waals surface area contributed by atoms with Gasteiger partial charge in [0.25, 0.3) is 0 Å². The van der Waals surface area contributed by atoms with Crippen LogP contribution in [0.2, 0.25) is 0 Å². The van der Waals surface area contributed by atoms with Gasteiger partial charge in [-0.15, -0.1) is 0 Å². The molecule has 4 heteroatoms. The van der Waals surface area contributed by atoms with Crippen LogP contribution in [-0.4, -0.2) is 42.5 Å². The van der Waals surface area contributed by atoms with Crippen LogP contribution in [0.3, 0.4) is 0 Å². The van der Waals surface area contributed by atoms with Gasteiger partial charge in [0.05, 0.1) is 6.54 Å². The van der Waals surface area contributed by atoms with Crippen molar-refractivity contribution in [2.45, 2.75) is 38.8 Å². The van der Waals surface area contributed by atoms with Crippen LogP contribution in [0.4, 0.5) is 0 Å². The van der Waals surface area contributed by atoms with Crippen molar-refractivity contribution in [2.24, 2.45) is 5.73 Å². The van der Waals surface area contributed by atoms with Crippen LogP contribution in [0.1, 0.15) is 26.7 Å². The molecular weight excluding hydrogens is 178 g/mol. The molecule has 1 fully saturated rings. The van der Waals surface area contributed by atoms with E-state index in [0.717, 1.165) is 25.9 Å². The Labute approximate surface area is 85.8 Å². The summed E-state index contributed by atoms with van der Waals surface area (Å²) in [7, 11) is 0. The van der Waals surface area contributed by atoms with Crippen molar-refractivity contribution in [1.82, 2.24) is 10.2 Å². The minimum atomic E-state index is 0.119. The fourth-order valence-corrected chi connectivity index (χ4v) is 1.63. The van der Waals surface area contributed by atoms with Crippen molar-refractivity contribution in [3.05, 3.63) is 0 Å². The maximum Gasteiger partial charge on any atom is 0.234 e. The second-order valence-corrected chi connectivity index (χ2v) is 4.16. The van der Waals surface area contributed by atoms with E-state index in [4.69, 9.17) is 5.73 Å². The average molecular weight is 199 g/mol. The first kappa shape index (κ1) is 11.5. The Morgan fingerprint density at radius 2 is 2.43 bits per heavy atom. The third-order valence-electron chi connectivity index (χ3n) is 2.70. The van der Waals surface area contributed by atoms with Gasteiger partial charge in [0.1, 0.15) is 0 Å². The van der Waals surface area contributed by atoms with Crippen LogP contribution in [0.25, 0.3) is 0 Å². The lowest BCUT2D eigenvalue weighted by atomic mass is 10.2. The van der Waals surface area contributed by atoms with Gasteiger partial charge in [-0.3, -0.25) is 9.69 Å². The van der Waals surface area contributed by atoms with Crippen LogP contribution >= 0.6 is 0 Å². The molecule has 1 aliphatic rings. The first-order valence-electron chi connectivity index (χ1n) is 5.39. The van der Waals surface area contributed by atoms with Crippen molar-refractivity contribution in [1.29, 1.82) is 0 Å². The molecule has 4 nitrogen and oxygen atoms in total. The van der Waals surface area contributed by atoms with Crippen LogP contribution in [0, 0.1) is 0 Å². The normalized spacial score (nSPS) is 24.9. The Bertz CT molecular complexity index is 196. The molecule has 2 atom stereocenters. The van der Waals surface area contributed by atoms with Gasteiger partial charge >= 0.3 is 0 Å². The highest BCUT2D eigenvalue weighted by Crippen LogP contribution is 2.05. The number of nitrogens with two attached hydrogens (primary N) is 1. The highest BCUT2D eigenvalue weighted by Gasteiger charge is 2.21. The highest BCUT2D eigenvalue weighted by atomic mass is 16.2. The van der Waals surface area contributed by atoms with Crippen LogP contribution in [-0.2, 0) is 4.79 Å². The van der Waals surface area contributed by atoms with Gasteiger partial charge in [0.2, 0.25) is 5.91 Å². The maximum atomic E-state index is 11.5. The largest absolute Gasteiger partial charge is 0.353 e. The summed E-state index contributed by atoms with van der Waals surface area (Å²) in [6.45, 7) is 6.39. The van der Waals surface area contributed by atoms with Gasteiger partial charge in [-0.25, -0.2) is 0 Å². The van der Waals surface area contributed by atoms with Crippen LogP contribution < -0.4 is 11.1 Å². The zero-order valence-electron chi connectivity index (χ0n) is 9.12. The van der Waals surface area contributed by atoms with Crippen molar-refractivity contribution in [3.8, 4) is 0 Å². The lowest BCUT2D eigenvalue weighted by molar-refractivity contribution is -0.122. The third kappa shape index (κ3) is 3.64. The number of hydrogen-bond donors (Lipinski definition) is 2. The average Bonchev–Trinajstić information content (AvgIpc) is 2.50. The van der Waals surface area contributed by atoms with E-state index in [-0.39, 0.29) is 18.0 Å². The van der Waals surface area contributed by atoms with Crippen LogP contribution in [0.5, 0.6) is 0 Å². The molecule has 0 aromatic rings. The topological polar surface area (TPSA) is 58.4 Å². The molecule has 0 unspecified atom stereocenters. The van der Waals surface area contributed by atoms with Gasteiger partial charge in [-0.1, -0.05) is 6.92 Å². The SMILES string of the molecule is CC[C@@H](C)NC(=O)CN1CC[C@@H](N)C1. The van der Waals surface area contributed by atoms with E-state index in [9.17, 15) is 4.79 Å². The molecule has 0 aromatic heterocycles. The minimum absolute atomic E-state index is 0.119. The van der Waals surface area contributed by atoms with Gasteiger partial charge < -0.3 is 11.1 Å². The van der Waals surface area contributed by atoms with Crippen LogP contribution in [0.15, 0.2) is 0 Å². The van der Waals surface area contributed by atoms with E-state index in [1.54, 1.807) is 0 Å². The van der Waals surface area contributed by atoms with E-state index in [2.05, 4.69) is 17.1 Å². The Morgan fingerprint density at radius 1 is 1.71 bits per heavy atom. The number of amides is 1. The number of carbonyl (C=O) groups excluding carboxylic acids is 1. The Hall–Kier alpha value is -0.610. The lowest BCUT2D eigenvalue weighted by Crippen LogP contribution is -2.40. The summed E-state index contributed by atoms with van der Waals surface area (Å²) in [6.07, 6.45) is 1.99. The molecule has 3 N–H and O–H groups in total. The smallest absolute Gasteiger partial charge is 0.234 e. The fourth-order valence-electron chi connectivity index (χ4n) is 1.63. The maximum absolute atomic E-state index is 11.5. The Kier molecular flexibility index (Phi) is 4.35. The fraction of sp³-hybridized carbons (Fsp3) is 0.900. The second kappa shape index (κ2) is 5.32. The highest BCUT2D eigenvalue weighted by molar-refractivity contribution is 5.78. The number of rotatable bonds is 4. The number of nitrogens with one attached hydrogen (secondary N) is 1. The summed E-state index contributed by atoms with van der Waals surface area (Å²) < 4.78 is 0. The predicted molar refractivity (Wildman–Crippen MR) is 56.9 cm³/mol. The van der Waals surface area contributed by atoms with Gasteiger partial charge in [0, 0.05) is 25.2 Å². The standard InChI is InChI=1S/C10H21N3O/c1-3-8(2)12-10(14)7-13-5-4-9(11)6-13/h8-9H,3-7,11H2,1-2H3,(H,12,14)/t8-,9-/m1/s1. The summed E-state index contributed by atoms with van der Waals surface area (Å²) >= 11 is 0.